The number of amides is 2. The van der Waals surface area contributed by atoms with Gasteiger partial charge in [-0.25, -0.2) is 14.6 Å². The summed E-state index contributed by atoms with van der Waals surface area (Å²) in [5.41, 5.74) is 4.09. The Balaban J connectivity index is 1.39. The van der Waals surface area contributed by atoms with Gasteiger partial charge in [0, 0.05) is 12.3 Å². The summed E-state index contributed by atoms with van der Waals surface area (Å²) in [6, 6.07) is 15.0. The minimum absolute atomic E-state index is 0.00711. The van der Waals surface area contributed by atoms with Crippen molar-refractivity contribution >= 4 is 18.0 Å². The molecule has 0 spiro atoms. The van der Waals surface area contributed by atoms with Crippen LogP contribution in [0.3, 0.4) is 0 Å². The van der Waals surface area contributed by atoms with Crippen molar-refractivity contribution in [3.8, 4) is 23.0 Å². The first-order chi connectivity index (χ1) is 17.0. The van der Waals surface area contributed by atoms with Crippen LogP contribution in [0.5, 0.6) is 0 Å². The van der Waals surface area contributed by atoms with Crippen molar-refractivity contribution in [2.75, 3.05) is 6.61 Å². The molecule has 0 saturated carbocycles. The third-order valence-corrected chi connectivity index (χ3v) is 5.70. The van der Waals surface area contributed by atoms with Gasteiger partial charge in [-0.15, -0.1) is 11.8 Å². The summed E-state index contributed by atoms with van der Waals surface area (Å²) in [5.74, 6) is 3.51. The van der Waals surface area contributed by atoms with Crippen LogP contribution in [0.1, 0.15) is 46.6 Å². The van der Waals surface area contributed by atoms with Gasteiger partial charge in [0.15, 0.2) is 17.8 Å². The minimum Gasteiger partial charge on any atom is -0.476 e. The molecule has 3 N–H and O–H groups in total. The van der Waals surface area contributed by atoms with Crippen LogP contribution in [0.2, 0.25) is 0 Å². The van der Waals surface area contributed by atoms with Gasteiger partial charge in [-0.05, 0) is 29.2 Å². The molecule has 1 unspecified atom stereocenters. The van der Waals surface area contributed by atoms with Crippen LogP contribution in [0, 0.1) is 11.8 Å². The van der Waals surface area contributed by atoms with Gasteiger partial charge < -0.3 is 24.9 Å². The highest BCUT2D eigenvalue weighted by atomic mass is 16.5. The largest absolute Gasteiger partial charge is 0.476 e. The molecule has 0 fully saturated rings. The minimum atomic E-state index is -1.27. The van der Waals surface area contributed by atoms with Gasteiger partial charge >= 0.3 is 12.1 Å². The molecule has 2 aromatic carbocycles. The maximum atomic E-state index is 12.7. The number of hydrogen-bond acceptors (Lipinski definition) is 6. The van der Waals surface area contributed by atoms with E-state index in [9.17, 15) is 14.4 Å². The van der Waals surface area contributed by atoms with E-state index < -0.39 is 24.0 Å². The first-order valence-corrected chi connectivity index (χ1v) is 10.9. The summed E-state index contributed by atoms with van der Waals surface area (Å²) in [4.78, 5) is 40.1. The number of carbonyl (C=O) groups is 3. The number of rotatable bonds is 8. The lowest BCUT2D eigenvalue weighted by Crippen LogP contribution is -2.46. The molecule has 0 radical (unpaired) electrons. The van der Waals surface area contributed by atoms with E-state index in [2.05, 4.69) is 27.5 Å². The van der Waals surface area contributed by atoms with E-state index >= 15 is 0 Å². The second-order valence-corrected chi connectivity index (χ2v) is 7.80. The average molecular weight is 473 g/mol. The lowest BCUT2D eigenvalue weighted by Gasteiger charge is -2.18. The van der Waals surface area contributed by atoms with Gasteiger partial charge in [0.1, 0.15) is 12.6 Å². The van der Waals surface area contributed by atoms with Gasteiger partial charge in [-0.3, -0.25) is 4.79 Å². The zero-order valence-electron chi connectivity index (χ0n) is 18.9. The van der Waals surface area contributed by atoms with Gasteiger partial charge in [0.2, 0.25) is 5.91 Å². The Kier molecular flexibility index (Phi) is 7.12. The molecular weight excluding hydrogens is 450 g/mol. The predicted octanol–water partition coefficient (Wildman–Crippen LogP) is 3.31. The highest BCUT2D eigenvalue weighted by Crippen LogP contribution is 2.44. The zero-order chi connectivity index (χ0) is 24.8. The normalized spacial score (nSPS) is 12.5. The van der Waals surface area contributed by atoms with E-state index in [1.165, 1.54) is 0 Å². The Morgan fingerprint density at radius 1 is 1.11 bits per heavy atom. The van der Waals surface area contributed by atoms with Crippen molar-refractivity contribution in [1.82, 2.24) is 15.6 Å². The number of carbonyl (C=O) groups excluding carboxylic acids is 2. The number of aromatic nitrogens is 1. The maximum absolute atomic E-state index is 12.7. The third-order valence-electron chi connectivity index (χ3n) is 5.70. The van der Waals surface area contributed by atoms with E-state index in [0.717, 1.165) is 28.6 Å². The molecule has 0 bridgehead atoms. The van der Waals surface area contributed by atoms with Crippen molar-refractivity contribution in [3.05, 3.63) is 77.5 Å². The molecule has 1 aromatic heterocycles. The lowest BCUT2D eigenvalue weighted by atomic mass is 9.98. The van der Waals surface area contributed by atoms with E-state index in [-0.39, 0.29) is 36.9 Å². The summed E-state index contributed by atoms with van der Waals surface area (Å²) < 4.78 is 10.5. The van der Waals surface area contributed by atoms with Gasteiger partial charge in [0.25, 0.3) is 0 Å². The van der Waals surface area contributed by atoms with Crippen molar-refractivity contribution in [2.45, 2.75) is 31.8 Å². The number of benzene rings is 2. The molecule has 0 saturated heterocycles. The van der Waals surface area contributed by atoms with Crippen molar-refractivity contribution in [1.29, 1.82) is 0 Å². The number of alkyl carbamates (subject to hydrolysis) is 1. The van der Waals surface area contributed by atoms with Crippen molar-refractivity contribution in [2.24, 2.45) is 0 Å². The molecule has 9 heteroatoms. The highest BCUT2D eigenvalue weighted by Gasteiger charge is 2.30. The summed E-state index contributed by atoms with van der Waals surface area (Å²) in [6.07, 6.45) is 0.282. The molecule has 2 amide bonds. The molecule has 1 heterocycles. The third kappa shape index (κ3) is 5.17. The Morgan fingerprint density at radius 3 is 2.40 bits per heavy atom. The quantitative estimate of drug-likeness (QED) is 0.428. The first-order valence-electron chi connectivity index (χ1n) is 10.9. The summed E-state index contributed by atoms with van der Waals surface area (Å²) in [7, 11) is 0. The maximum Gasteiger partial charge on any atom is 0.407 e. The monoisotopic (exact) mass is 473 g/mol. The predicted molar refractivity (Wildman–Crippen MR) is 125 cm³/mol. The number of carboxylic acid groups (broad SMARTS) is 1. The molecule has 178 valence electrons. The van der Waals surface area contributed by atoms with Crippen molar-refractivity contribution < 1.29 is 28.6 Å². The van der Waals surface area contributed by atoms with Crippen LogP contribution in [-0.2, 0) is 16.1 Å². The molecule has 1 atom stereocenters. The Labute approximate surface area is 201 Å². The number of nitrogens with zero attached hydrogens (tertiary/aromatic N) is 1. The number of fused-ring (bicyclic) bond motifs is 3. The molecule has 35 heavy (non-hydrogen) atoms. The Morgan fingerprint density at radius 2 is 1.77 bits per heavy atom. The van der Waals surface area contributed by atoms with Gasteiger partial charge in [-0.1, -0.05) is 48.5 Å². The number of nitrogens with one attached hydrogen (secondary N) is 2. The van der Waals surface area contributed by atoms with E-state index in [0.29, 0.717) is 0 Å². The fourth-order valence-electron chi connectivity index (χ4n) is 4.06. The summed E-state index contributed by atoms with van der Waals surface area (Å²) in [6.45, 7) is 1.52. The average Bonchev–Trinajstić information content (AvgIpc) is 3.47. The smallest absolute Gasteiger partial charge is 0.407 e. The molecular formula is C26H23N3O6. The SMILES string of the molecule is CC#CCC(NC(=O)OCC1c2ccccc2-c2ccccc21)C(=O)NCc1ocnc1C(=O)O. The second-order valence-electron chi connectivity index (χ2n) is 7.80. The topological polar surface area (TPSA) is 131 Å². The van der Waals surface area contributed by atoms with Gasteiger partial charge in [0.05, 0.1) is 6.54 Å². The Hall–Kier alpha value is -4.58. The molecule has 3 aromatic rings. The van der Waals surface area contributed by atoms with E-state index in [4.69, 9.17) is 14.3 Å². The fourth-order valence-corrected chi connectivity index (χ4v) is 4.06. The molecule has 4 rings (SSSR count). The van der Waals surface area contributed by atoms with Crippen LogP contribution in [-0.4, -0.2) is 40.7 Å². The fraction of sp³-hybridized carbons (Fsp3) is 0.231. The van der Waals surface area contributed by atoms with E-state index in [1.54, 1.807) is 6.92 Å². The van der Waals surface area contributed by atoms with E-state index in [1.807, 2.05) is 48.5 Å². The first kappa shape index (κ1) is 23.6. The molecule has 0 aliphatic heterocycles. The molecule has 1 aliphatic carbocycles. The lowest BCUT2D eigenvalue weighted by molar-refractivity contribution is -0.123. The molecule has 9 nitrogen and oxygen atoms in total. The standard InChI is InChI=1S/C26H23N3O6/c1-2-3-12-21(24(30)27-13-22-23(25(31)32)28-15-35-22)29-26(33)34-14-20-18-10-6-4-8-16(18)17-9-5-7-11-19(17)20/h4-11,15,20-21H,12-14H2,1H3,(H,27,30)(H,29,33)(H,31,32). The van der Waals surface area contributed by atoms with Gasteiger partial charge in [-0.2, -0.15) is 0 Å². The number of hydrogen-bond donors (Lipinski definition) is 3. The number of ether oxygens (including phenoxy) is 1. The highest BCUT2D eigenvalue weighted by molar-refractivity contribution is 5.88. The number of carboxylic acids is 1. The van der Waals surface area contributed by atoms with Crippen molar-refractivity contribution in [3.63, 3.8) is 0 Å². The number of aromatic carboxylic acids is 1. The zero-order valence-corrected chi connectivity index (χ0v) is 18.9. The summed E-state index contributed by atoms with van der Waals surface area (Å²) in [5, 5.41) is 14.2. The molecule has 1 aliphatic rings. The van der Waals surface area contributed by atoms with Crippen LogP contribution in [0.4, 0.5) is 4.79 Å². The Bertz CT molecular complexity index is 1270. The summed E-state index contributed by atoms with van der Waals surface area (Å²) >= 11 is 0. The van der Waals surface area contributed by atoms with Crippen LogP contribution >= 0.6 is 0 Å². The second kappa shape index (κ2) is 10.6. The van der Waals surface area contributed by atoms with Crippen LogP contribution < -0.4 is 10.6 Å². The van der Waals surface area contributed by atoms with Crippen LogP contribution in [0.15, 0.2) is 59.3 Å². The van der Waals surface area contributed by atoms with Crippen LogP contribution in [0.25, 0.3) is 11.1 Å². The number of oxazole rings is 1.